The van der Waals surface area contributed by atoms with Gasteiger partial charge in [0.25, 0.3) is 0 Å². The molecule has 2 aromatic carbocycles. The van der Waals surface area contributed by atoms with Crippen LogP contribution in [-0.2, 0) is 16.1 Å². The van der Waals surface area contributed by atoms with Crippen LogP contribution in [0.4, 0.5) is 13.2 Å². The Bertz CT molecular complexity index is 1190. The summed E-state index contributed by atoms with van der Waals surface area (Å²) in [7, 11) is 1.89. The molecule has 1 amide bonds. The van der Waals surface area contributed by atoms with Crippen LogP contribution >= 0.6 is 0 Å². The summed E-state index contributed by atoms with van der Waals surface area (Å²) in [6.45, 7) is 5.47. The average Bonchev–Trinajstić information content (AvgIpc) is 3.22. The van der Waals surface area contributed by atoms with Crippen LogP contribution in [0.25, 0.3) is 16.7 Å². The Kier molecular flexibility index (Phi) is 7.08. The molecule has 0 unspecified atom stereocenters. The van der Waals surface area contributed by atoms with Crippen LogP contribution in [-0.4, -0.2) is 93.2 Å². The maximum absolute atomic E-state index is 11.9. The minimum absolute atomic E-state index is 0.243. The van der Waals surface area contributed by atoms with Crippen molar-refractivity contribution in [1.29, 1.82) is 0 Å². The Hall–Kier alpha value is -3.44. The fourth-order valence-electron chi connectivity index (χ4n) is 4.18. The van der Waals surface area contributed by atoms with E-state index in [1.54, 1.807) is 0 Å². The van der Waals surface area contributed by atoms with Crippen LogP contribution in [0.3, 0.4) is 0 Å². The summed E-state index contributed by atoms with van der Waals surface area (Å²) in [5, 5.41) is 7.12. The smallest absolute Gasteiger partial charge is 0.475 e. The Morgan fingerprint density at radius 3 is 2.37 bits per heavy atom. The van der Waals surface area contributed by atoms with Crippen molar-refractivity contribution in [3.05, 3.63) is 60.4 Å². The summed E-state index contributed by atoms with van der Waals surface area (Å²) in [6.07, 6.45) is -3.20. The van der Waals surface area contributed by atoms with Gasteiger partial charge in [-0.15, -0.1) is 0 Å². The number of carbonyl (C=O) groups is 2. The lowest BCUT2D eigenvalue weighted by molar-refractivity contribution is -0.192. The summed E-state index contributed by atoms with van der Waals surface area (Å²) in [5.41, 5.74) is 4.60. The van der Waals surface area contributed by atoms with Crippen molar-refractivity contribution in [1.82, 2.24) is 24.3 Å². The lowest BCUT2D eigenvalue weighted by Gasteiger charge is -2.47. The monoisotopic (exact) mass is 489 g/mol. The molecule has 2 aliphatic rings. The number of para-hydroxylation sites is 2. The van der Waals surface area contributed by atoms with Crippen molar-refractivity contribution < 1.29 is 27.9 Å². The topological polar surface area (TPSA) is 81.9 Å². The lowest BCUT2D eigenvalue weighted by Crippen LogP contribution is -2.63. The highest BCUT2D eigenvalue weighted by molar-refractivity contribution is 5.79. The second kappa shape index (κ2) is 10.0. The average molecular weight is 489 g/mol. The van der Waals surface area contributed by atoms with Crippen molar-refractivity contribution in [2.45, 2.75) is 18.8 Å². The molecule has 3 aromatic rings. The fourth-order valence-corrected chi connectivity index (χ4v) is 4.18. The molecule has 3 heterocycles. The number of fused-ring (bicyclic) bond motifs is 1. The number of aromatic nitrogens is 2. The van der Waals surface area contributed by atoms with Crippen LogP contribution in [0.1, 0.15) is 5.56 Å². The van der Waals surface area contributed by atoms with E-state index in [9.17, 15) is 18.0 Å². The van der Waals surface area contributed by atoms with E-state index in [2.05, 4.69) is 49.7 Å². The molecule has 0 saturated carbocycles. The molecule has 1 aromatic heterocycles. The predicted octanol–water partition coefficient (Wildman–Crippen LogP) is 2.62. The number of likely N-dealkylation sites (N-methyl/N-ethyl adjacent to an activating group) is 1. The molecule has 8 nitrogen and oxygen atoms in total. The van der Waals surface area contributed by atoms with Crippen LogP contribution in [0.5, 0.6) is 0 Å². The second-order valence-corrected chi connectivity index (χ2v) is 8.71. The van der Waals surface area contributed by atoms with Gasteiger partial charge in [-0.2, -0.15) is 13.2 Å². The van der Waals surface area contributed by atoms with Crippen molar-refractivity contribution in [3.8, 4) is 5.69 Å². The molecule has 35 heavy (non-hydrogen) atoms. The molecule has 0 aliphatic carbocycles. The molecule has 0 spiro atoms. The van der Waals surface area contributed by atoms with E-state index in [0.717, 1.165) is 49.4 Å². The number of amides is 1. The van der Waals surface area contributed by atoms with Crippen molar-refractivity contribution in [2.75, 3.05) is 39.8 Å². The minimum Gasteiger partial charge on any atom is -0.475 e. The highest BCUT2D eigenvalue weighted by Crippen LogP contribution is 2.22. The lowest BCUT2D eigenvalue weighted by atomic mass is 10.0. The zero-order chi connectivity index (χ0) is 25.2. The third kappa shape index (κ3) is 5.80. The summed E-state index contributed by atoms with van der Waals surface area (Å²) in [5.74, 6) is -2.51. The Morgan fingerprint density at radius 2 is 1.74 bits per heavy atom. The standard InChI is InChI=1S/C22H25N5O.C2HF3O2/c1-24-10-11-26(15-22(24)28)19-13-25(14-19)12-17-6-8-18(9-7-17)27-16-23-20-4-2-3-5-21(20)27;3-2(4,5)1(6)7/h2-9,16,19H,10-15H2,1H3;(H,6,7). The maximum Gasteiger partial charge on any atom is 0.490 e. The van der Waals surface area contributed by atoms with Gasteiger partial charge in [0.1, 0.15) is 6.33 Å². The van der Waals surface area contributed by atoms with Gasteiger partial charge in [-0.3, -0.25) is 19.2 Å². The van der Waals surface area contributed by atoms with E-state index in [1.165, 1.54) is 5.56 Å². The number of carboxylic acid groups (broad SMARTS) is 1. The van der Waals surface area contributed by atoms with Crippen LogP contribution in [0.2, 0.25) is 0 Å². The van der Waals surface area contributed by atoms with E-state index in [-0.39, 0.29) is 5.91 Å². The number of likely N-dealkylation sites (tertiary alicyclic amines) is 1. The van der Waals surface area contributed by atoms with Gasteiger partial charge in [0.05, 0.1) is 17.6 Å². The third-order valence-electron chi connectivity index (χ3n) is 6.26. The normalized spacial score (nSPS) is 17.7. The number of aliphatic carboxylic acids is 1. The number of alkyl halides is 3. The summed E-state index contributed by atoms with van der Waals surface area (Å²) < 4.78 is 33.9. The molecule has 186 valence electrons. The van der Waals surface area contributed by atoms with Gasteiger partial charge in [0.15, 0.2) is 0 Å². The number of imidazole rings is 1. The van der Waals surface area contributed by atoms with E-state index in [0.29, 0.717) is 12.6 Å². The van der Waals surface area contributed by atoms with Crippen LogP contribution in [0.15, 0.2) is 54.9 Å². The number of carbonyl (C=O) groups excluding carboxylic acids is 1. The summed E-state index contributed by atoms with van der Waals surface area (Å²) >= 11 is 0. The first-order valence-electron chi connectivity index (χ1n) is 11.1. The molecule has 0 radical (unpaired) electrons. The van der Waals surface area contributed by atoms with Crippen molar-refractivity contribution >= 4 is 22.9 Å². The zero-order valence-electron chi connectivity index (χ0n) is 19.1. The largest absolute Gasteiger partial charge is 0.490 e. The molecular formula is C24H26F3N5O3. The van der Waals surface area contributed by atoms with Gasteiger partial charge in [0, 0.05) is 51.5 Å². The third-order valence-corrected chi connectivity index (χ3v) is 6.26. The van der Waals surface area contributed by atoms with Gasteiger partial charge in [-0.1, -0.05) is 24.3 Å². The predicted molar refractivity (Wildman–Crippen MR) is 123 cm³/mol. The van der Waals surface area contributed by atoms with E-state index >= 15 is 0 Å². The molecule has 2 aliphatic heterocycles. The number of nitrogens with zero attached hydrogens (tertiary/aromatic N) is 5. The molecule has 2 saturated heterocycles. The first kappa shape index (κ1) is 24.7. The number of carboxylic acids is 1. The zero-order valence-corrected chi connectivity index (χ0v) is 19.1. The Morgan fingerprint density at radius 1 is 1.09 bits per heavy atom. The molecular weight excluding hydrogens is 463 g/mol. The quantitative estimate of drug-likeness (QED) is 0.607. The van der Waals surface area contributed by atoms with Gasteiger partial charge >= 0.3 is 12.1 Å². The first-order chi connectivity index (χ1) is 16.6. The number of hydrogen-bond donors (Lipinski definition) is 1. The van der Waals surface area contributed by atoms with Crippen LogP contribution in [0, 0.1) is 0 Å². The van der Waals surface area contributed by atoms with Gasteiger partial charge in [0.2, 0.25) is 5.91 Å². The van der Waals surface area contributed by atoms with E-state index in [1.807, 2.05) is 36.5 Å². The van der Waals surface area contributed by atoms with Crippen LogP contribution < -0.4 is 0 Å². The van der Waals surface area contributed by atoms with E-state index < -0.39 is 12.1 Å². The maximum atomic E-state index is 11.9. The molecule has 2 fully saturated rings. The molecule has 0 bridgehead atoms. The molecule has 0 atom stereocenters. The fraction of sp³-hybridized carbons (Fsp3) is 0.375. The second-order valence-electron chi connectivity index (χ2n) is 8.71. The number of rotatable bonds is 4. The van der Waals surface area contributed by atoms with E-state index in [4.69, 9.17) is 9.90 Å². The number of halogens is 3. The Balaban J connectivity index is 0.000000364. The van der Waals surface area contributed by atoms with Crippen molar-refractivity contribution in [2.24, 2.45) is 0 Å². The Labute approximate surface area is 200 Å². The SMILES string of the molecule is CN1CCN(C2CN(Cc3ccc(-n4cnc5ccccc54)cc3)C2)CC1=O.O=C(O)C(F)(F)F. The van der Waals surface area contributed by atoms with Gasteiger partial charge in [-0.25, -0.2) is 9.78 Å². The molecule has 1 N–H and O–H groups in total. The minimum atomic E-state index is -5.08. The number of benzene rings is 2. The number of piperazine rings is 1. The molecule has 11 heteroatoms. The van der Waals surface area contributed by atoms with Crippen molar-refractivity contribution in [3.63, 3.8) is 0 Å². The summed E-state index contributed by atoms with van der Waals surface area (Å²) in [6, 6.07) is 17.5. The number of hydrogen-bond acceptors (Lipinski definition) is 5. The first-order valence-corrected chi connectivity index (χ1v) is 11.1. The highest BCUT2D eigenvalue weighted by atomic mass is 19.4. The highest BCUT2D eigenvalue weighted by Gasteiger charge is 2.38. The van der Waals surface area contributed by atoms with Gasteiger partial charge in [-0.05, 0) is 29.8 Å². The molecule has 5 rings (SSSR count). The van der Waals surface area contributed by atoms with Gasteiger partial charge < -0.3 is 10.0 Å². The summed E-state index contributed by atoms with van der Waals surface area (Å²) in [4.78, 5) is 31.9.